The number of nitrogens with zero attached hydrogens (tertiary/aromatic N) is 5. The van der Waals surface area contributed by atoms with Gasteiger partial charge in [0.05, 0.1) is 6.20 Å². The van der Waals surface area contributed by atoms with Gasteiger partial charge >= 0.3 is 0 Å². The predicted octanol–water partition coefficient (Wildman–Crippen LogP) is 3.65. The van der Waals surface area contributed by atoms with Crippen molar-refractivity contribution in [3.8, 4) is 0 Å². The number of pyridine rings is 1. The molecule has 0 saturated carbocycles. The molecule has 7 heteroatoms. The van der Waals surface area contributed by atoms with E-state index in [0.717, 1.165) is 24.2 Å². The molecule has 0 fully saturated rings. The first-order valence-corrected chi connectivity index (χ1v) is 8.32. The average Bonchev–Trinajstić information content (AvgIpc) is 2.64. The number of benzene rings is 1. The summed E-state index contributed by atoms with van der Waals surface area (Å²) >= 11 is 6.06. The van der Waals surface area contributed by atoms with Gasteiger partial charge in [0.25, 0.3) is 0 Å². The first-order chi connectivity index (χ1) is 12.1. The van der Waals surface area contributed by atoms with E-state index in [1.165, 1.54) is 5.56 Å². The molecule has 128 valence electrons. The van der Waals surface area contributed by atoms with Crippen LogP contribution in [0.25, 0.3) is 0 Å². The lowest BCUT2D eigenvalue weighted by atomic mass is 10.2. The third kappa shape index (κ3) is 4.64. The van der Waals surface area contributed by atoms with Crippen LogP contribution in [0.1, 0.15) is 11.1 Å². The number of hydrogen-bond donors (Lipinski definition) is 1. The minimum Gasteiger partial charge on any atom is -0.342 e. The Labute approximate surface area is 151 Å². The molecular formula is C18H19ClN6. The Balaban J connectivity index is 1.69. The van der Waals surface area contributed by atoms with Gasteiger partial charge < -0.3 is 10.2 Å². The summed E-state index contributed by atoms with van der Waals surface area (Å²) in [5, 5.41) is 12.1. The van der Waals surface area contributed by atoms with Crippen molar-refractivity contribution >= 4 is 29.1 Å². The molecule has 0 aliphatic carbocycles. The maximum absolute atomic E-state index is 6.06. The number of likely N-dealkylation sites (N-methyl/N-ethyl adjacent to an activating group) is 1. The zero-order valence-corrected chi connectivity index (χ0v) is 14.9. The van der Waals surface area contributed by atoms with Crippen molar-refractivity contribution in [1.29, 1.82) is 0 Å². The molecule has 2 heterocycles. The third-order valence-corrected chi connectivity index (χ3v) is 4.07. The smallest absolute Gasteiger partial charge is 0.247 e. The minimum absolute atomic E-state index is 0.568. The van der Waals surface area contributed by atoms with Crippen molar-refractivity contribution in [2.24, 2.45) is 0 Å². The lowest BCUT2D eigenvalue weighted by Gasteiger charge is -2.17. The van der Waals surface area contributed by atoms with Crippen molar-refractivity contribution in [2.75, 3.05) is 23.8 Å². The SMILES string of the molecule is Cc1ccc(Cl)cc1Nc1cnnc(N(C)CCc2ccncc2)n1. The molecule has 0 aliphatic heterocycles. The van der Waals surface area contributed by atoms with E-state index in [1.807, 2.05) is 49.2 Å². The summed E-state index contributed by atoms with van der Waals surface area (Å²) in [5.41, 5.74) is 3.20. The van der Waals surface area contributed by atoms with Crippen LogP contribution in [-0.4, -0.2) is 33.8 Å². The molecule has 1 N–H and O–H groups in total. The van der Waals surface area contributed by atoms with E-state index in [9.17, 15) is 0 Å². The molecule has 0 unspecified atom stereocenters. The van der Waals surface area contributed by atoms with Gasteiger partial charge in [-0.25, -0.2) is 0 Å². The minimum atomic E-state index is 0.568. The van der Waals surface area contributed by atoms with E-state index in [4.69, 9.17) is 11.6 Å². The average molecular weight is 355 g/mol. The second-order valence-electron chi connectivity index (χ2n) is 5.75. The maximum atomic E-state index is 6.06. The highest BCUT2D eigenvalue weighted by Crippen LogP contribution is 2.23. The van der Waals surface area contributed by atoms with Crippen LogP contribution < -0.4 is 10.2 Å². The first kappa shape index (κ1) is 17.1. The number of anilines is 3. The highest BCUT2D eigenvalue weighted by molar-refractivity contribution is 6.30. The molecule has 25 heavy (non-hydrogen) atoms. The molecule has 0 atom stereocenters. The molecule has 1 aromatic carbocycles. The van der Waals surface area contributed by atoms with Crippen molar-refractivity contribution in [3.05, 3.63) is 65.1 Å². The first-order valence-electron chi connectivity index (χ1n) is 7.95. The summed E-state index contributed by atoms with van der Waals surface area (Å²) in [4.78, 5) is 10.5. The number of rotatable bonds is 6. The van der Waals surface area contributed by atoms with Gasteiger partial charge in [0.1, 0.15) is 0 Å². The summed E-state index contributed by atoms with van der Waals surface area (Å²) in [6.07, 6.45) is 6.07. The molecule has 0 amide bonds. The van der Waals surface area contributed by atoms with Crippen molar-refractivity contribution in [3.63, 3.8) is 0 Å². The fourth-order valence-electron chi connectivity index (χ4n) is 2.33. The molecule has 2 aromatic heterocycles. The maximum Gasteiger partial charge on any atom is 0.247 e. The van der Waals surface area contributed by atoms with Crippen molar-refractivity contribution in [1.82, 2.24) is 20.2 Å². The second-order valence-corrected chi connectivity index (χ2v) is 6.19. The summed E-state index contributed by atoms with van der Waals surface area (Å²) in [7, 11) is 1.95. The van der Waals surface area contributed by atoms with Crippen LogP contribution in [0.15, 0.2) is 48.9 Å². The van der Waals surface area contributed by atoms with E-state index >= 15 is 0 Å². The van der Waals surface area contributed by atoms with Gasteiger partial charge in [-0.05, 0) is 48.7 Å². The number of nitrogens with one attached hydrogen (secondary N) is 1. The van der Waals surface area contributed by atoms with E-state index < -0.39 is 0 Å². The Morgan fingerprint density at radius 1 is 1.16 bits per heavy atom. The van der Waals surface area contributed by atoms with Gasteiger partial charge in [-0.3, -0.25) is 4.98 Å². The Bertz CT molecular complexity index is 840. The van der Waals surface area contributed by atoms with E-state index in [-0.39, 0.29) is 0 Å². The van der Waals surface area contributed by atoms with Gasteiger partial charge in [-0.15, -0.1) is 5.10 Å². The van der Waals surface area contributed by atoms with Crippen LogP contribution >= 0.6 is 11.6 Å². The van der Waals surface area contributed by atoms with Crippen LogP contribution in [0.2, 0.25) is 5.02 Å². The van der Waals surface area contributed by atoms with Crippen LogP contribution in [0, 0.1) is 6.92 Å². The van der Waals surface area contributed by atoms with Gasteiger partial charge in [0.15, 0.2) is 5.82 Å². The number of aromatic nitrogens is 4. The highest BCUT2D eigenvalue weighted by Gasteiger charge is 2.08. The number of aryl methyl sites for hydroxylation is 1. The second kappa shape index (κ2) is 7.90. The third-order valence-electron chi connectivity index (χ3n) is 3.84. The molecule has 3 aromatic rings. The normalized spacial score (nSPS) is 10.5. The van der Waals surface area contributed by atoms with E-state index in [2.05, 4.69) is 25.5 Å². The Morgan fingerprint density at radius 2 is 1.96 bits per heavy atom. The summed E-state index contributed by atoms with van der Waals surface area (Å²) in [5.74, 6) is 1.20. The fraction of sp³-hybridized carbons (Fsp3) is 0.222. The lowest BCUT2D eigenvalue weighted by molar-refractivity contribution is 0.812. The molecule has 0 radical (unpaired) electrons. The highest BCUT2D eigenvalue weighted by atomic mass is 35.5. The van der Waals surface area contributed by atoms with Gasteiger partial charge in [0.2, 0.25) is 5.95 Å². The zero-order chi connectivity index (χ0) is 17.6. The summed E-state index contributed by atoms with van der Waals surface area (Å²) in [6.45, 7) is 2.79. The Morgan fingerprint density at radius 3 is 2.76 bits per heavy atom. The Kier molecular flexibility index (Phi) is 5.40. The standard InChI is InChI=1S/C18H19ClN6/c1-13-3-4-15(19)11-16(13)22-17-12-21-24-18(23-17)25(2)10-7-14-5-8-20-9-6-14/h3-6,8-9,11-12H,7,10H2,1-2H3,(H,22,23,24). The zero-order valence-electron chi connectivity index (χ0n) is 14.1. The fourth-order valence-corrected chi connectivity index (χ4v) is 2.50. The van der Waals surface area contributed by atoms with Crippen LogP contribution in [-0.2, 0) is 6.42 Å². The quantitative estimate of drug-likeness (QED) is 0.728. The monoisotopic (exact) mass is 354 g/mol. The number of halogens is 1. The number of hydrogen-bond acceptors (Lipinski definition) is 6. The van der Waals surface area contributed by atoms with Crippen LogP contribution in [0.3, 0.4) is 0 Å². The van der Waals surface area contributed by atoms with Gasteiger partial charge in [-0.1, -0.05) is 17.7 Å². The van der Waals surface area contributed by atoms with Crippen LogP contribution in [0.5, 0.6) is 0 Å². The van der Waals surface area contributed by atoms with Crippen LogP contribution in [0.4, 0.5) is 17.5 Å². The Hall–Kier alpha value is -2.73. The van der Waals surface area contributed by atoms with E-state index in [1.54, 1.807) is 18.6 Å². The molecule has 0 saturated heterocycles. The molecule has 0 bridgehead atoms. The molecule has 3 rings (SSSR count). The van der Waals surface area contributed by atoms with Crippen molar-refractivity contribution < 1.29 is 0 Å². The summed E-state index contributed by atoms with van der Waals surface area (Å²) < 4.78 is 0. The molecular weight excluding hydrogens is 336 g/mol. The largest absolute Gasteiger partial charge is 0.342 e. The topological polar surface area (TPSA) is 66.8 Å². The summed E-state index contributed by atoms with van der Waals surface area (Å²) in [6, 6.07) is 9.70. The predicted molar refractivity (Wildman–Crippen MR) is 101 cm³/mol. The lowest BCUT2D eigenvalue weighted by Crippen LogP contribution is -2.23. The molecule has 6 nitrogen and oxygen atoms in total. The van der Waals surface area contributed by atoms with Gasteiger partial charge in [-0.2, -0.15) is 10.1 Å². The molecule has 0 aliphatic rings. The molecule has 0 spiro atoms. The van der Waals surface area contributed by atoms with Gasteiger partial charge in [0, 0.05) is 36.7 Å². The van der Waals surface area contributed by atoms with E-state index in [0.29, 0.717) is 16.8 Å². The van der Waals surface area contributed by atoms with Crippen molar-refractivity contribution in [2.45, 2.75) is 13.3 Å².